The fraction of sp³-hybridized carbons (Fsp3) is 0.353. The van der Waals surface area contributed by atoms with Gasteiger partial charge in [0, 0.05) is 30.6 Å². The van der Waals surface area contributed by atoms with E-state index >= 15 is 0 Å². The summed E-state index contributed by atoms with van der Waals surface area (Å²) in [6.07, 6.45) is 1.56. The molecular weight excluding hydrogens is 354 g/mol. The van der Waals surface area contributed by atoms with Crippen molar-refractivity contribution in [3.05, 3.63) is 47.0 Å². The zero-order chi connectivity index (χ0) is 17.9. The lowest BCUT2D eigenvalue weighted by Gasteiger charge is -2.31. The number of piperidine rings is 1. The molecule has 3 heterocycles. The summed E-state index contributed by atoms with van der Waals surface area (Å²) in [6.45, 7) is 1.99. The average molecular weight is 372 g/mol. The summed E-state index contributed by atoms with van der Waals surface area (Å²) >= 11 is 6.13. The topological polar surface area (TPSA) is 88.3 Å². The largest absolute Gasteiger partial charge is 0.355 e. The second-order valence-electron chi connectivity index (χ2n) is 6.29. The highest BCUT2D eigenvalue weighted by Gasteiger charge is 2.25. The minimum absolute atomic E-state index is 0.00510. The van der Waals surface area contributed by atoms with Gasteiger partial charge in [0.15, 0.2) is 11.5 Å². The van der Waals surface area contributed by atoms with Crippen molar-refractivity contribution in [3.63, 3.8) is 0 Å². The van der Waals surface area contributed by atoms with E-state index in [1.54, 1.807) is 0 Å². The molecule has 0 spiro atoms. The van der Waals surface area contributed by atoms with E-state index in [-0.39, 0.29) is 11.8 Å². The summed E-state index contributed by atoms with van der Waals surface area (Å²) in [5.74, 6) is 0.902. The summed E-state index contributed by atoms with van der Waals surface area (Å²) in [5, 5.41) is 19.3. The van der Waals surface area contributed by atoms with Crippen LogP contribution >= 0.6 is 11.6 Å². The molecule has 0 radical (unpaired) electrons. The van der Waals surface area contributed by atoms with Gasteiger partial charge >= 0.3 is 0 Å². The number of benzene rings is 1. The number of rotatable bonds is 4. The van der Waals surface area contributed by atoms with Gasteiger partial charge < -0.3 is 10.2 Å². The lowest BCUT2D eigenvalue weighted by Crippen LogP contribution is -2.40. The molecule has 1 aliphatic rings. The van der Waals surface area contributed by atoms with Gasteiger partial charge in [0.2, 0.25) is 5.91 Å². The van der Waals surface area contributed by atoms with Gasteiger partial charge in [-0.25, -0.2) is 0 Å². The van der Waals surface area contributed by atoms with Crippen LogP contribution in [0, 0.1) is 5.92 Å². The zero-order valence-electron chi connectivity index (χ0n) is 14.0. The fourth-order valence-electron chi connectivity index (χ4n) is 3.15. The molecule has 0 saturated carbocycles. The second kappa shape index (κ2) is 7.25. The Morgan fingerprint density at radius 1 is 1.19 bits per heavy atom. The Kier molecular flexibility index (Phi) is 4.66. The Hall–Kier alpha value is -2.74. The Labute approximate surface area is 155 Å². The van der Waals surface area contributed by atoms with E-state index in [0.717, 1.165) is 37.3 Å². The molecule has 1 aromatic carbocycles. The minimum atomic E-state index is 0.00510. The van der Waals surface area contributed by atoms with E-state index in [1.807, 2.05) is 36.4 Å². The van der Waals surface area contributed by atoms with Gasteiger partial charge in [-0.3, -0.25) is 4.79 Å². The third kappa shape index (κ3) is 3.45. The van der Waals surface area contributed by atoms with Crippen LogP contribution in [0.5, 0.6) is 0 Å². The lowest BCUT2D eigenvalue weighted by molar-refractivity contribution is -0.125. The third-order valence-corrected chi connectivity index (χ3v) is 5.02. The summed E-state index contributed by atoms with van der Waals surface area (Å²) in [7, 11) is 0. The first-order valence-corrected chi connectivity index (χ1v) is 8.90. The number of anilines is 1. The molecule has 3 aromatic rings. The SMILES string of the molecule is O=C(NCc1ccccc1Cl)C1CCN(c2ccc3nnnn3n2)CC1. The molecule has 0 aliphatic carbocycles. The number of nitrogens with zero attached hydrogens (tertiary/aromatic N) is 6. The molecule has 26 heavy (non-hydrogen) atoms. The number of carbonyl (C=O) groups is 1. The predicted molar refractivity (Wildman–Crippen MR) is 96.8 cm³/mol. The van der Waals surface area contributed by atoms with Gasteiger partial charge in [0.25, 0.3) is 0 Å². The Balaban J connectivity index is 1.32. The zero-order valence-corrected chi connectivity index (χ0v) is 14.8. The molecule has 1 fully saturated rings. The summed E-state index contributed by atoms with van der Waals surface area (Å²) < 4.78 is 1.41. The van der Waals surface area contributed by atoms with E-state index in [2.05, 4.69) is 30.8 Å². The number of hydrogen-bond donors (Lipinski definition) is 1. The van der Waals surface area contributed by atoms with Crippen LogP contribution in [0.3, 0.4) is 0 Å². The Morgan fingerprint density at radius 2 is 2.00 bits per heavy atom. The molecular formula is C17H18ClN7O. The molecule has 0 bridgehead atoms. The summed E-state index contributed by atoms with van der Waals surface area (Å²) in [4.78, 5) is 14.6. The lowest BCUT2D eigenvalue weighted by atomic mass is 9.96. The molecule has 4 rings (SSSR count). The molecule has 0 unspecified atom stereocenters. The van der Waals surface area contributed by atoms with Crippen LogP contribution in [-0.2, 0) is 11.3 Å². The third-order valence-electron chi connectivity index (χ3n) is 4.66. The van der Waals surface area contributed by atoms with Crippen LogP contribution in [0.4, 0.5) is 5.82 Å². The van der Waals surface area contributed by atoms with Gasteiger partial charge in [0.05, 0.1) is 0 Å². The Bertz CT molecular complexity index is 920. The highest BCUT2D eigenvalue weighted by Crippen LogP contribution is 2.22. The molecule has 1 N–H and O–H groups in total. The van der Waals surface area contributed by atoms with Crippen molar-refractivity contribution in [1.82, 2.24) is 30.6 Å². The minimum Gasteiger partial charge on any atom is -0.355 e. The predicted octanol–water partition coefficient (Wildman–Crippen LogP) is 1.71. The number of aromatic nitrogens is 5. The van der Waals surface area contributed by atoms with E-state index in [9.17, 15) is 4.79 Å². The number of carbonyl (C=O) groups excluding carboxylic acids is 1. The normalized spacial score (nSPS) is 15.3. The Morgan fingerprint density at radius 3 is 2.81 bits per heavy atom. The monoisotopic (exact) mass is 371 g/mol. The maximum absolute atomic E-state index is 12.4. The van der Waals surface area contributed by atoms with Crippen molar-refractivity contribution < 1.29 is 4.79 Å². The molecule has 1 amide bonds. The maximum Gasteiger partial charge on any atom is 0.223 e. The van der Waals surface area contributed by atoms with E-state index in [4.69, 9.17) is 11.6 Å². The number of hydrogen-bond acceptors (Lipinski definition) is 6. The van der Waals surface area contributed by atoms with Gasteiger partial charge in [0.1, 0.15) is 0 Å². The first-order valence-electron chi connectivity index (χ1n) is 8.52. The molecule has 134 valence electrons. The van der Waals surface area contributed by atoms with Crippen LogP contribution in [0.2, 0.25) is 5.02 Å². The first-order chi connectivity index (χ1) is 12.7. The number of halogens is 1. The van der Waals surface area contributed by atoms with Gasteiger partial charge in [-0.1, -0.05) is 29.8 Å². The second-order valence-corrected chi connectivity index (χ2v) is 6.70. The van der Waals surface area contributed by atoms with Gasteiger partial charge in [-0.15, -0.1) is 14.8 Å². The first kappa shape index (κ1) is 16.7. The fourth-order valence-corrected chi connectivity index (χ4v) is 3.35. The highest BCUT2D eigenvalue weighted by atomic mass is 35.5. The quantitative estimate of drug-likeness (QED) is 0.751. The van der Waals surface area contributed by atoms with Crippen molar-refractivity contribution in [1.29, 1.82) is 0 Å². The van der Waals surface area contributed by atoms with Crippen molar-refractivity contribution in [2.24, 2.45) is 5.92 Å². The number of amides is 1. The molecule has 9 heteroatoms. The molecule has 8 nitrogen and oxygen atoms in total. The van der Waals surface area contributed by atoms with E-state index < -0.39 is 0 Å². The smallest absolute Gasteiger partial charge is 0.223 e. The van der Waals surface area contributed by atoms with Crippen LogP contribution in [0.15, 0.2) is 36.4 Å². The van der Waals surface area contributed by atoms with Crippen molar-refractivity contribution in [2.45, 2.75) is 19.4 Å². The van der Waals surface area contributed by atoms with Crippen LogP contribution in [0.25, 0.3) is 5.65 Å². The standard InChI is InChI=1S/C17H18ClN7O/c18-14-4-2-1-3-13(14)11-19-17(26)12-7-9-24(10-8-12)16-6-5-15-20-22-23-25(15)21-16/h1-6,12H,7-11H2,(H,19,26). The molecule has 0 atom stereocenters. The van der Waals surface area contributed by atoms with Gasteiger partial charge in [-0.05, 0) is 47.0 Å². The summed E-state index contributed by atoms with van der Waals surface area (Å²) in [6, 6.07) is 11.3. The number of nitrogens with one attached hydrogen (secondary N) is 1. The summed E-state index contributed by atoms with van der Waals surface area (Å²) in [5.41, 5.74) is 1.54. The van der Waals surface area contributed by atoms with Crippen molar-refractivity contribution in [3.8, 4) is 0 Å². The number of fused-ring (bicyclic) bond motifs is 1. The maximum atomic E-state index is 12.4. The molecule has 1 aliphatic heterocycles. The van der Waals surface area contributed by atoms with Crippen molar-refractivity contribution in [2.75, 3.05) is 18.0 Å². The average Bonchev–Trinajstić information content (AvgIpc) is 3.15. The van der Waals surface area contributed by atoms with E-state index in [1.165, 1.54) is 4.63 Å². The van der Waals surface area contributed by atoms with Crippen LogP contribution in [-0.4, -0.2) is 44.3 Å². The van der Waals surface area contributed by atoms with Crippen molar-refractivity contribution >= 4 is 29.0 Å². The van der Waals surface area contributed by atoms with Gasteiger partial charge in [-0.2, -0.15) is 0 Å². The van der Waals surface area contributed by atoms with E-state index in [0.29, 0.717) is 17.2 Å². The van der Waals surface area contributed by atoms with Crippen LogP contribution in [0.1, 0.15) is 18.4 Å². The highest BCUT2D eigenvalue weighted by molar-refractivity contribution is 6.31. The molecule has 1 saturated heterocycles. The molecule has 2 aromatic heterocycles. The number of tetrazole rings is 1. The van der Waals surface area contributed by atoms with Crippen LogP contribution < -0.4 is 10.2 Å².